The number of carbonyl (C=O) groups is 2. The van der Waals surface area contributed by atoms with Crippen LogP contribution in [0.4, 0.5) is 0 Å². The first-order valence-corrected chi connectivity index (χ1v) is 14.5. The van der Waals surface area contributed by atoms with E-state index < -0.39 is 17.2 Å². The number of aromatic hydroxyl groups is 3. The minimum Gasteiger partial charge on any atom is -0.508 e. The molecule has 0 unspecified atom stereocenters. The Labute approximate surface area is 231 Å². The zero-order valence-electron chi connectivity index (χ0n) is 22.2. The first kappa shape index (κ1) is 23.1. The van der Waals surface area contributed by atoms with Gasteiger partial charge in [0.05, 0.1) is 17.2 Å². The summed E-state index contributed by atoms with van der Waals surface area (Å²) in [5.41, 5.74) is 3.70. The maximum Gasteiger partial charge on any atom is 0.198 e. The van der Waals surface area contributed by atoms with Crippen LogP contribution in [0, 0.1) is 17.3 Å². The lowest BCUT2D eigenvalue weighted by atomic mass is 9.53. The molecule has 1 heterocycles. The van der Waals surface area contributed by atoms with Gasteiger partial charge < -0.3 is 20.1 Å². The molecule has 3 aromatic rings. The van der Waals surface area contributed by atoms with Crippen molar-refractivity contribution in [1.82, 2.24) is 0 Å². The van der Waals surface area contributed by atoms with E-state index in [0.29, 0.717) is 41.1 Å². The number of hydrogen-bond donors (Lipinski definition) is 3. The van der Waals surface area contributed by atoms with Crippen LogP contribution in [-0.2, 0) is 17.6 Å². The monoisotopic (exact) mass is 534 g/mol. The highest BCUT2D eigenvalue weighted by Crippen LogP contribution is 2.78. The van der Waals surface area contributed by atoms with E-state index in [2.05, 4.69) is 13.0 Å². The van der Waals surface area contributed by atoms with Crippen molar-refractivity contribution in [2.24, 2.45) is 17.3 Å². The van der Waals surface area contributed by atoms with E-state index in [9.17, 15) is 24.9 Å². The number of aryl methyl sites for hydroxylation is 1. The lowest BCUT2D eigenvalue weighted by Gasteiger charge is -2.50. The van der Waals surface area contributed by atoms with Gasteiger partial charge in [0.1, 0.15) is 22.8 Å². The average Bonchev–Trinajstić information content (AvgIpc) is 3.64. The molecule has 0 amide bonds. The minimum atomic E-state index is -0.428. The summed E-state index contributed by atoms with van der Waals surface area (Å²) in [4.78, 5) is 27.2. The van der Waals surface area contributed by atoms with Crippen molar-refractivity contribution in [3.05, 3.63) is 87.0 Å². The van der Waals surface area contributed by atoms with Crippen LogP contribution in [0.2, 0.25) is 0 Å². The molecule has 202 valence electrons. The summed E-state index contributed by atoms with van der Waals surface area (Å²) in [6.45, 7) is 2.37. The van der Waals surface area contributed by atoms with E-state index in [-0.39, 0.29) is 51.2 Å². The molecule has 5 aliphatic carbocycles. The van der Waals surface area contributed by atoms with Crippen LogP contribution in [0.25, 0.3) is 0 Å². The molecular formula is C34H30O6. The number of ketones is 2. The largest absolute Gasteiger partial charge is 0.508 e. The van der Waals surface area contributed by atoms with Crippen molar-refractivity contribution in [2.75, 3.05) is 0 Å². The highest BCUT2D eigenvalue weighted by molar-refractivity contribution is 6.30. The summed E-state index contributed by atoms with van der Waals surface area (Å²) in [5, 5.41) is 33.5. The fourth-order valence-electron chi connectivity index (χ4n) is 10.3. The van der Waals surface area contributed by atoms with E-state index in [0.717, 1.165) is 32.1 Å². The third-order valence-corrected chi connectivity index (χ3v) is 12.0. The second-order valence-electron chi connectivity index (χ2n) is 13.2. The van der Waals surface area contributed by atoms with Crippen LogP contribution in [0.1, 0.15) is 98.5 Å². The predicted octanol–water partition coefficient (Wildman–Crippen LogP) is 5.52. The van der Waals surface area contributed by atoms with Crippen LogP contribution >= 0.6 is 0 Å². The minimum absolute atomic E-state index is 0.0569. The van der Waals surface area contributed by atoms with Gasteiger partial charge in [0.15, 0.2) is 11.6 Å². The van der Waals surface area contributed by atoms with Crippen molar-refractivity contribution < 1.29 is 29.6 Å². The molecule has 1 spiro atoms. The average molecular weight is 535 g/mol. The molecule has 3 N–H and O–H groups in total. The molecule has 3 aromatic carbocycles. The fourth-order valence-corrected chi connectivity index (χ4v) is 10.3. The second kappa shape index (κ2) is 7.16. The first-order chi connectivity index (χ1) is 19.3. The SMILES string of the molecule is C[C@]12CC[C@@H]3c4ccc(O)cc4CC[C@H]3[C@@H]1C[C@H]1c3c(O)c4c(c(O)c3C[C@@H]3O[C@@]312)C(=O)c1ccccc1C4=O. The summed E-state index contributed by atoms with van der Waals surface area (Å²) < 4.78 is 6.67. The summed E-state index contributed by atoms with van der Waals surface area (Å²) in [6.07, 6.45) is 5.22. The Morgan fingerprint density at radius 3 is 2.40 bits per heavy atom. The molecule has 6 aliphatic rings. The summed E-state index contributed by atoms with van der Waals surface area (Å²) in [6, 6.07) is 12.5. The van der Waals surface area contributed by atoms with Gasteiger partial charge in [-0.2, -0.15) is 0 Å². The van der Waals surface area contributed by atoms with Gasteiger partial charge in [-0.25, -0.2) is 0 Å². The zero-order chi connectivity index (χ0) is 27.3. The Hall–Kier alpha value is -3.64. The van der Waals surface area contributed by atoms with Gasteiger partial charge in [-0.1, -0.05) is 37.3 Å². The number of hydrogen-bond acceptors (Lipinski definition) is 6. The third-order valence-electron chi connectivity index (χ3n) is 12.0. The molecule has 0 aromatic heterocycles. The van der Waals surface area contributed by atoms with Gasteiger partial charge in [0, 0.05) is 40.0 Å². The molecule has 9 rings (SSSR count). The molecule has 6 heteroatoms. The van der Waals surface area contributed by atoms with Crippen molar-refractivity contribution in [3.63, 3.8) is 0 Å². The number of epoxide rings is 1. The van der Waals surface area contributed by atoms with Crippen LogP contribution in [0.15, 0.2) is 42.5 Å². The molecular weight excluding hydrogens is 504 g/mol. The van der Waals surface area contributed by atoms with Crippen LogP contribution < -0.4 is 0 Å². The maximum absolute atomic E-state index is 13.7. The zero-order valence-corrected chi connectivity index (χ0v) is 22.2. The molecule has 7 atom stereocenters. The Morgan fingerprint density at radius 1 is 0.925 bits per heavy atom. The van der Waals surface area contributed by atoms with Crippen molar-refractivity contribution in [3.8, 4) is 17.2 Å². The van der Waals surface area contributed by atoms with Crippen LogP contribution in [0.5, 0.6) is 17.2 Å². The third kappa shape index (κ3) is 2.43. The standard InChI is InChI=1S/C34H30O6/c1-33-11-10-18-17-9-7-16(35)12-15(17)6-8-19(18)23(33)14-24-26-22(13-25-34(24,33)40-25)31(38)27-28(32(26)39)30(37)21-5-3-2-4-20(21)29(27)36/h2-5,7,9,12,18-19,23-25,35,38-39H,6,8,10-11,13-14H2,1H3/t18-,19-,23+,24+,25+,33+,34-/m1/s1. The number of phenols is 3. The van der Waals surface area contributed by atoms with Crippen LogP contribution in [-0.4, -0.2) is 38.6 Å². The number of benzene rings is 3. The van der Waals surface area contributed by atoms with E-state index in [1.807, 2.05) is 6.07 Å². The second-order valence-corrected chi connectivity index (χ2v) is 13.2. The fraction of sp³-hybridized carbons (Fsp3) is 0.412. The smallest absolute Gasteiger partial charge is 0.198 e. The Morgan fingerprint density at radius 2 is 1.65 bits per heavy atom. The quantitative estimate of drug-likeness (QED) is 0.203. The normalized spacial score (nSPS) is 35.8. The van der Waals surface area contributed by atoms with Gasteiger partial charge in [-0.3, -0.25) is 9.59 Å². The van der Waals surface area contributed by atoms with Gasteiger partial charge in [-0.05, 0) is 73.1 Å². The molecule has 1 saturated heterocycles. The molecule has 2 saturated carbocycles. The molecule has 1 aliphatic heterocycles. The van der Waals surface area contributed by atoms with Gasteiger partial charge in [-0.15, -0.1) is 0 Å². The maximum atomic E-state index is 13.7. The number of rotatable bonds is 0. The Balaban J connectivity index is 1.19. The van der Waals surface area contributed by atoms with Gasteiger partial charge in [0.25, 0.3) is 0 Å². The number of carbonyl (C=O) groups excluding carboxylic acids is 2. The van der Waals surface area contributed by atoms with Gasteiger partial charge in [0.2, 0.25) is 0 Å². The molecule has 40 heavy (non-hydrogen) atoms. The van der Waals surface area contributed by atoms with Crippen LogP contribution in [0.3, 0.4) is 0 Å². The molecule has 0 bridgehead atoms. The highest BCUT2D eigenvalue weighted by atomic mass is 16.6. The lowest BCUT2D eigenvalue weighted by Crippen LogP contribution is -2.48. The molecule has 3 fully saturated rings. The summed E-state index contributed by atoms with van der Waals surface area (Å²) in [7, 11) is 0. The summed E-state index contributed by atoms with van der Waals surface area (Å²) >= 11 is 0. The number of phenolic OH excluding ortho intramolecular Hbond substituents is 3. The van der Waals surface area contributed by atoms with E-state index in [1.165, 1.54) is 11.1 Å². The lowest BCUT2D eigenvalue weighted by molar-refractivity contribution is 0.00997. The van der Waals surface area contributed by atoms with E-state index in [4.69, 9.17) is 4.74 Å². The van der Waals surface area contributed by atoms with Crippen molar-refractivity contribution in [1.29, 1.82) is 0 Å². The van der Waals surface area contributed by atoms with E-state index in [1.54, 1.807) is 30.3 Å². The van der Waals surface area contributed by atoms with E-state index >= 15 is 0 Å². The number of fused-ring (bicyclic) bond motifs is 9. The van der Waals surface area contributed by atoms with Gasteiger partial charge >= 0.3 is 0 Å². The Kier molecular flexibility index (Phi) is 4.14. The first-order valence-electron chi connectivity index (χ1n) is 14.5. The van der Waals surface area contributed by atoms with Crippen molar-refractivity contribution >= 4 is 11.6 Å². The van der Waals surface area contributed by atoms with Crippen molar-refractivity contribution in [2.45, 2.75) is 69.0 Å². The highest BCUT2D eigenvalue weighted by Gasteiger charge is 2.79. The topological polar surface area (TPSA) is 107 Å². The predicted molar refractivity (Wildman–Crippen MR) is 145 cm³/mol. The summed E-state index contributed by atoms with van der Waals surface area (Å²) in [5.74, 6) is 0.297. The Bertz CT molecular complexity index is 1720. The molecule has 6 nitrogen and oxygen atoms in total. The number of ether oxygens (including phenoxy) is 1. The molecule has 0 radical (unpaired) electrons.